The summed E-state index contributed by atoms with van der Waals surface area (Å²) in [5, 5.41) is 9.85. The summed E-state index contributed by atoms with van der Waals surface area (Å²) in [5.74, 6) is -1.94. The molecule has 31 heavy (non-hydrogen) atoms. The van der Waals surface area contributed by atoms with Crippen LogP contribution in [0.3, 0.4) is 0 Å². The van der Waals surface area contributed by atoms with Crippen molar-refractivity contribution in [3.05, 3.63) is 25.3 Å². The molecule has 1 spiro atoms. The number of ether oxygens (including phenoxy) is 1. The average molecular weight is 451 g/mol. The first-order chi connectivity index (χ1) is 14.7. The van der Waals surface area contributed by atoms with Gasteiger partial charge in [0.05, 0.1) is 29.2 Å². The van der Waals surface area contributed by atoms with Gasteiger partial charge >= 0.3 is 5.97 Å². The Morgan fingerprint density at radius 2 is 2.03 bits per heavy atom. The molecule has 8 heteroatoms. The van der Waals surface area contributed by atoms with Gasteiger partial charge in [0, 0.05) is 17.8 Å². The predicted octanol–water partition coefficient (Wildman–Crippen LogP) is 1.86. The van der Waals surface area contributed by atoms with Gasteiger partial charge in [-0.15, -0.1) is 18.3 Å². The molecule has 3 fully saturated rings. The first kappa shape index (κ1) is 23.9. The summed E-state index contributed by atoms with van der Waals surface area (Å²) in [5.41, 5.74) is 0. The van der Waals surface area contributed by atoms with Gasteiger partial charge in [-0.2, -0.15) is 0 Å². The van der Waals surface area contributed by atoms with E-state index in [4.69, 9.17) is 4.74 Å². The van der Waals surface area contributed by atoms with Crippen LogP contribution in [0.2, 0.25) is 0 Å². The summed E-state index contributed by atoms with van der Waals surface area (Å²) in [6, 6.07) is -1.35. The fourth-order valence-corrected chi connectivity index (χ4v) is 8.05. The standard InChI is InChI=1S/C23H34N2O5S/c1-7-9-24(13(3)4)21(28)19-23-14(5)11-16(31-23)17(22(29)30-10-8-2)18(23)20(27)25(19)15(6)12-26/h7-8,13-19,26H,1-2,9-12H2,3-6H3/t14?,15-,16-,17+,18+,19?,23?/m1/s1. The Labute approximate surface area is 188 Å². The second-order valence-electron chi connectivity index (χ2n) is 9.12. The van der Waals surface area contributed by atoms with Crippen LogP contribution in [-0.4, -0.2) is 80.6 Å². The average Bonchev–Trinajstić information content (AvgIpc) is 3.32. The van der Waals surface area contributed by atoms with Crippen LogP contribution in [0, 0.1) is 17.8 Å². The molecule has 2 amide bonds. The number of carbonyl (C=O) groups is 3. The zero-order chi connectivity index (χ0) is 23.1. The maximum atomic E-state index is 13.9. The predicted molar refractivity (Wildman–Crippen MR) is 120 cm³/mol. The van der Waals surface area contributed by atoms with Gasteiger partial charge in [-0.3, -0.25) is 14.4 Å². The molecule has 0 saturated carbocycles. The third-order valence-electron chi connectivity index (χ3n) is 7.00. The molecule has 3 unspecified atom stereocenters. The number of hydrogen-bond donors (Lipinski definition) is 1. The molecule has 0 aromatic carbocycles. The monoisotopic (exact) mass is 450 g/mol. The first-order valence-corrected chi connectivity index (χ1v) is 11.8. The minimum atomic E-state index is -0.739. The fourth-order valence-electron chi connectivity index (χ4n) is 5.66. The van der Waals surface area contributed by atoms with Crippen molar-refractivity contribution in [3.8, 4) is 0 Å². The van der Waals surface area contributed by atoms with Gasteiger partial charge in [-0.05, 0) is 33.1 Å². The van der Waals surface area contributed by atoms with E-state index >= 15 is 0 Å². The molecule has 7 atom stereocenters. The molecule has 3 rings (SSSR count). The Kier molecular flexibility index (Phi) is 6.91. The number of aliphatic hydroxyl groups is 1. The smallest absolute Gasteiger partial charge is 0.311 e. The summed E-state index contributed by atoms with van der Waals surface area (Å²) >= 11 is 1.60. The fraction of sp³-hybridized carbons (Fsp3) is 0.696. The molecule has 0 aromatic rings. The van der Waals surface area contributed by atoms with E-state index in [-0.39, 0.29) is 42.2 Å². The molecule has 3 aliphatic rings. The minimum absolute atomic E-state index is 0.0601. The second kappa shape index (κ2) is 8.98. The molecular formula is C23H34N2O5S. The zero-order valence-electron chi connectivity index (χ0n) is 18.8. The Morgan fingerprint density at radius 1 is 1.35 bits per heavy atom. The van der Waals surface area contributed by atoms with Crippen molar-refractivity contribution in [2.75, 3.05) is 19.8 Å². The van der Waals surface area contributed by atoms with E-state index in [2.05, 4.69) is 20.1 Å². The van der Waals surface area contributed by atoms with E-state index in [9.17, 15) is 19.5 Å². The van der Waals surface area contributed by atoms with E-state index in [1.54, 1.807) is 34.6 Å². The second-order valence-corrected chi connectivity index (χ2v) is 10.7. The Hall–Kier alpha value is -1.80. The third kappa shape index (κ3) is 3.52. The van der Waals surface area contributed by atoms with E-state index in [0.29, 0.717) is 6.54 Å². The van der Waals surface area contributed by atoms with Crippen molar-refractivity contribution in [3.63, 3.8) is 0 Å². The highest BCUT2D eigenvalue weighted by atomic mass is 32.2. The van der Waals surface area contributed by atoms with Gasteiger partial charge in [0.25, 0.3) is 0 Å². The summed E-state index contributed by atoms with van der Waals surface area (Å²) in [4.78, 5) is 43.9. The quantitative estimate of drug-likeness (QED) is 0.426. The summed E-state index contributed by atoms with van der Waals surface area (Å²) in [7, 11) is 0. The third-order valence-corrected chi connectivity index (χ3v) is 9.08. The van der Waals surface area contributed by atoms with Gasteiger partial charge in [-0.25, -0.2) is 0 Å². The highest BCUT2D eigenvalue weighted by Gasteiger charge is 2.77. The highest BCUT2D eigenvalue weighted by Crippen LogP contribution is 2.69. The number of likely N-dealkylation sites (tertiary alicyclic amines) is 1. The number of fused-ring (bicyclic) bond motifs is 1. The number of amides is 2. The van der Waals surface area contributed by atoms with Crippen molar-refractivity contribution in [1.29, 1.82) is 0 Å². The number of esters is 1. The number of nitrogens with zero attached hydrogens (tertiary/aromatic N) is 2. The van der Waals surface area contributed by atoms with Crippen LogP contribution >= 0.6 is 11.8 Å². The lowest BCUT2D eigenvalue weighted by molar-refractivity contribution is -0.154. The van der Waals surface area contributed by atoms with E-state index in [1.807, 2.05) is 13.8 Å². The van der Waals surface area contributed by atoms with Gasteiger partial charge in [-0.1, -0.05) is 25.7 Å². The normalized spacial score (nSPS) is 34.6. The van der Waals surface area contributed by atoms with Crippen molar-refractivity contribution in [2.24, 2.45) is 17.8 Å². The van der Waals surface area contributed by atoms with Crippen molar-refractivity contribution in [2.45, 2.75) is 62.2 Å². The lowest BCUT2D eigenvalue weighted by Crippen LogP contribution is -2.59. The van der Waals surface area contributed by atoms with Crippen LogP contribution < -0.4 is 0 Å². The van der Waals surface area contributed by atoms with Crippen LogP contribution in [0.15, 0.2) is 25.3 Å². The molecule has 0 aliphatic carbocycles. The van der Waals surface area contributed by atoms with Gasteiger partial charge < -0.3 is 19.6 Å². The molecule has 0 aromatic heterocycles. The molecule has 3 aliphatic heterocycles. The van der Waals surface area contributed by atoms with Crippen molar-refractivity contribution >= 4 is 29.5 Å². The van der Waals surface area contributed by atoms with Crippen LogP contribution in [-0.2, 0) is 19.1 Å². The first-order valence-electron chi connectivity index (χ1n) is 11.0. The maximum Gasteiger partial charge on any atom is 0.311 e. The molecule has 3 heterocycles. The molecule has 172 valence electrons. The van der Waals surface area contributed by atoms with Gasteiger partial charge in [0.1, 0.15) is 12.6 Å². The summed E-state index contributed by atoms with van der Waals surface area (Å²) < 4.78 is 4.65. The number of rotatable bonds is 9. The van der Waals surface area contributed by atoms with Gasteiger partial charge in [0.2, 0.25) is 11.8 Å². The topological polar surface area (TPSA) is 87.1 Å². The zero-order valence-corrected chi connectivity index (χ0v) is 19.6. The molecular weight excluding hydrogens is 416 g/mol. The number of aliphatic hydroxyl groups excluding tert-OH is 1. The number of carbonyl (C=O) groups excluding carboxylic acids is 3. The lowest BCUT2D eigenvalue weighted by Gasteiger charge is -2.42. The SMILES string of the molecule is C=CCOC(=O)[C@@H]1[C@H]2C(=O)N([C@H](C)CO)C(C(=O)N(CC=C)C(C)C)C23S[C@@H]1CC3C. The lowest BCUT2D eigenvalue weighted by atomic mass is 9.66. The molecule has 7 nitrogen and oxygen atoms in total. The Balaban J connectivity index is 2.10. The summed E-state index contributed by atoms with van der Waals surface area (Å²) in [6.07, 6.45) is 3.94. The number of hydrogen-bond acceptors (Lipinski definition) is 6. The number of thioether (sulfide) groups is 1. The van der Waals surface area contributed by atoms with Crippen molar-refractivity contribution < 1.29 is 24.2 Å². The van der Waals surface area contributed by atoms with E-state index in [0.717, 1.165) is 6.42 Å². The highest BCUT2D eigenvalue weighted by molar-refractivity contribution is 8.02. The molecule has 1 N–H and O–H groups in total. The Morgan fingerprint density at radius 3 is 2.58 bits per heavy atom. The van der Waals surface area contributed by atoms with E-state index < -0.39 is 34.6 Å². The largest absolute Gasteiger partial charge is 0.461 e. The van der Waals surface area contributed by atoms with E-state index in [1.165, 1.54) is 6.08 Å². The summed E-state index contributed by atoms with van der Waals surface area (Å²) in [6.45, 7) is 15.3. The minimum Gasteiger partial charge on any atom is -0.461 e. The van der Waals surface area contributed by atoms with Crippen LogP contribution in [0.25, 0.3) is 0 Å². The maximum absolute atomic E-state index is 13.9. The molecule has 0 radical (unpaired) electrons. The Bertz CT molecular complexity index is 771. The van der Waals surface area contributed by atoms with Gasteiger partial charge in [0.15, 0.2) is 0 Å². The molecule has 2 bridgehead atoms. The van der Waals surface area contributed by atoms with Crippen molar-refractivity contribution in [1.82, 2.24) is 9.80 Å². The van der Waals surface area contributed by atoms with Crippen LogP contribution in [0.5, 0.6) is 0 Å². The van der Waals surface area contributed by atoms with Crippen LogP contribution in [0.1, 0.15) is 34.1 Å². The van der Waals surface area contributed by atoms with Crippen LogP contribution in [0.4, 0.5) is 0 Å². The molecule has 3 saturated heterocycles.